The Labute approximate surface area is 223 Å². The zero-order valence-corrected chi connectivity index (χ0v) is 21.5. The number of amides is 3. The number of nitrogens with zero attached hydrogens (tertiary/aromatic N) is 1. The molecule has 0 unspecified atom stereocenters. The van der Waals surface area contributed by atoms with Crippen molar-refractivity contribution in [2.75, 3.05) is 13.1 Å². The van der Waals surface area contributed by atoms with Gasteiger partial charge in [-0.1, -0.05) is 78.4 Å². The SMILES string of the molecule is Cc1ccc(C(=O)N2C[C@@H](C(=O)N[C@H]3C[C@@H]3c3ccccc3)[C@H](C(=O)N[C@H]3C[C@@H]3c3ccccc3)C2)cc1. The molecule has 2 saturated carbocycles. The molecular formula is C32H33N3O3. The average Bonchev–Trinajstić information content (AvgIpc) is 3.85. The van der Waals surface area contributed by atoms with Gasteiger partial charge in [-0.25, -0.2) is 0 Å². The molecule has 0 aromatic heterocycles. The highest BCUT2D eigenvalue weighted by Crippen LogP contribution is 2.42. The van der Waals surface area contributed by atoms with Crippen LogP contribution in [0.2, 0.25) is 0 Å². The minimum atomic E-state index is -0.574. The normalized spacial score (nSPS) is 27.4. The topological polar surface area (TPSA) is 78.5 Å². The zero-order chi connectivity index (χ0) is 26.2. The summed E-state index contributed by atoms with van der Waals surface area (Å²) in [5.41, 5.74) is 4.09. The minimum Gasteiger partial charge on any atom is -0.352 e. The van der Waals surface area contributed by atoms with Crippen molar-refractivity contribution in [3.05, 3.63) is 107 Å². The third kappa shape index (κ3) is 5.08. The summed E-state index contributed by atoms with van der Waals surface area (Å²) in [5.74, 6) is -0.952. The molecule has 6 atom stereocenters. The van der Waals surface area contributed by atoms with E-state index < -0.39 is 11.8 Å². The number of nitrogens with one attached hydrogen (secondary N) is 2. The maximum Gasteiger partial charge on any atom is 0.253 e. The number of likely N-dealkylation sites (tertiary alicyclic amines) is 1. The second-order valence-corrected chi connectivity index (χ2v) is 11.0. The Morgan fingerprint density at radius 3 is 1.55 bits per heavy atom. The van der Waals surface area contributed by atoms with Crippen LogP contribution in [0.25, 0.3) is 0 Å². The van der Waals surface area contributed by atoms with E-state index in [1.807, 2.05) is 67.6 Å². The number of aryl methyl sites for hydroxylation is 1. The Balaban J connectivity index is 1.15. The Morgan fingerprint density at radius 2 is 1.11 bits per heavy atom. The number of carbonyl (C=O) groups is 3. The van der Waals surface area contributed by atoms with Gasteiger partial charge in [0.05, 0.1) is 11.8 Å². The highest BCUT2D eigenvalue weighted by molar-refractivity contribution is 5.97. The summed E-state index contributed by atoms with van der Waals surface area (Å²) in [5, 5.41) is 6.37. The van der Waals surface area contributed by atoms with E-state index in [0.717, 1.165) is 18.4 Å². The Morgan fingerprint density at radius 1 is 0.658 bits per heavy atom. The molecule has 3 fully saturated rings. The van der Waals surface area contributed by atoms with Gasteiger partial charge in [0.2, 0.25) is 11.8 Å². The maximum atomic E-state index is 13.5. The molecule has 6 nitrogen and oxygen atoms in total. The largest absolute Gasteiger partial charge is 0.352 e. The van der Waals surface area contributed by atoms with Gasteiger partial charge in [-0.15, -0.1) is 0 Å². The number of hydrogen-bond donors (Lipinski definition) is 2. The quantitative estimate of drug-likeness (QED) is 0.507. The minimum absolute atomic E-state index is 0.0707. The summed E-state index contributed by atoms with van der Waals surface area (Å²) >= 11 is 0. The molecule has 3 aromatic rings. The van der Waals surface area contributed by atoms with E-state index in [9.17, 15) is 14.4 Å². The van der Waals surface area contributed by atoms with Crippen LogP contribution in [-0.4, -0.2) is 47.8 Å². The molecule has 2 aliphatic carbocycles. The van der Waals surface area contributed by atoms with Crippen LogP contribution in [0.3, 0.4) is 0 Å². The van der Waals surface area contributed by atoms with E-state index in [2.05, 4.69) is 34.9 Å². The van der Waals surface area contributed by atoms with Crippen LogP contribution in [0.15, 0.2) is 84.9 Å². The monoisotopic (exact) mass is 507 g/mol. The first-order valence-electron chi connectivity index (χ1n) is 13.5. The molecule has 1 heterocycles. The lowest BCUT2D eigenvalue weighted by atomic mass is 9.94. The standard InChI is InChI=1S/C32H33N3O3/c1-20-12-14-23(15-13-20)32(38)35-18-26(30(36)33-28-16-24(28)21-8-4-2-5-9-21)27(19-35)31(37)34-29-17-25(29)22-10-6-3-7-11-22/h2-15,24-29H,16-19H2,1H3,(H,33,36)(H,34,37)/t24-,25-,26-,27-,28+,29+/m1/s1. The summed E-state index contributed by atoms with van der Waals surface area (Å²) in [6, 6.07) is 28.0. The van der Waals surface area contributed by atoms with Gasteiger partial charge in [0, 0.05) is 42.6 Å². The van der Waals surface area contributed by atoms with Gasteiger partial charge in [0.1, 0.15) is 0 Å². The van der Waals surface area contributed by atoms with Gasteiger partial charge in [-0.05, 0) is 43.0 Å². The summed E-state index contributed by atoms with van der Waals surface area (Å²) in [6.45, 7) is 2.46. The Kier molecular flexibility index (Phi) is 6.48. The highest BCUT2D eigenvalue weighted by Gasteiger charge is 2.48. The van der Waals surface area contributed by atoms with E-state index in [-0.39, 0.29) is 42.9 Å². The fraction of sp³-hybridized carbons (Fsp3) is 0.344. The molecule has 0 bridgehead atoms. The smallest absolute Gasteiger partial charge is 0.253 e. The molecule has 6 heteroatoms. The maximum absolute atomic E-state index is 13.5. The van der Waals surface area contributed by atoms with Crippen LogP contribution in [0, 0.1) is 18.8 Å². The van der Waals surface area contributed by atoms with Crippen molar-refractivity contribution in [3.63, 3.8) is 0 Å². The van der Waals surface area contributed by atoms with Crippen molar-refractivity contribution in [1.82, 2.24) is 15.5 Å². The van der Waals surface area contributed by atoms with Crippen LogP contribution in [0.1, 0.15) is 51.7 Å². The Bertz CT molecular complexity index is 1250. The van der Waals surface area contributed by atoms with Crippen molar-refractivity contribution in [3.8, 4) is 0 Å². The average molecular weight is 508 g/mol. The van der Waals surface area contributed by atoms with E-state index in [1.165, 1.54) is 11.1 Å². The molecule has 0 radical (unpaired) electrons. The lowest BCUT2D eigenvalue weighted by Gasteiger charge is -2.18. The van der Waals surface area contributed by atoms with Gasteiger partial charge < -0.3 is 15.5 Å². The summed E-state index contributed by atoms with van der Waals surface area (Å²) in [6.07, 6.45) is 1.79. The first-order chi connectivity index (χ1) is 18.5. The molecule has 3 aliphatic rings. The number of rotatable bonds is 7. The van der Waals surface area contributed by atoms with Gasteiger partial charge in [0.25, 0.3) is 5.91 Å². The third-order valence-corrected chi connectivity index (χ3v) is 8.27. The second-order valence-electron chi connectivity index (χ2n) is 11.0. The van der Waals surface area contributed by atoms with Gasteiger partial charge in [-0.3, -0.25) is 14.4 Å². The van der Waals surface area contributed by atoms with Crippen LogP contribution in [0.4, 0.5) is 0 Å². The van der Waals surface area contributed by atoms with Gasteiger partial charge in [-0.2, -0.15) is 0 Å². The molecule has 38 heavy (non-hydrogen) atoms. The van der Waals surface area contributed by atoms with Crippen molar-refractivity contribution in [2.45, 2.75) is 43.7 Å². The highest BCUT2D eigenvalue weighted by atomic mass is 16.2. The molecule has 194 valence electrons. The Hall–Kier alpha value is -3.93. The fourth-order valence-electron chi connectivity index (χ4n) is 5.81. The predicted octanol–water partition coefficient (Wildman–Crippen LogP) is 4.03. The van der Waals surface area contributed by atoms with Crippen LogP contribution >= 0.6 is 0 Å². The lowest BCUT2D eigenvalue weighted by Crippen LogP contribution is -2.43. The number of hydrogen-bond acceptors (Lipinski definition) is 3. The van der Waals surface area contributed by atoms with Crippen molar-refractivity contribution < 1.29 is 14.4 Å². The molecule has 1 saturated heterocycles. The first kappa shape index (κ1) is 24.4. The van der Waals surface area contributed by atoms with E-state index in [0.29, 0.717) is 17.4 Å². The molecule has 3 amide bonds. The number of benzene rings is 3. The van der Waals surface area contributed by atoms with Crippen molar-refractivity contribution >= 4 is 17.7 Å². The first-order valence-corrected chi connectivity index (χ1v) is 13.5. The predicted molar refractivity (Wildman–Crippen MR) is 146 cm³/mol. The van der Waals surface area contributed by atoms with Gasteiger partial charge >= 0.3 is 0 Å². The van der Waals surface area contributed by atoms with Crippen molar-refractivity contribution in [1.29, 1.82) is 0 Å². The molecule has 2 N–H and O–H groups in total. The fourth-order valence-corrected chi connectivity index (χ4v) is 5.81. The van der Waals surface area contributed by atoms with E-state index >= 15 is 0 Å². The molecular weight excluding hydrogens is 474 g/mol. The van der Waals surface area contributed by atoms with Crippen LogP contribution in [-0.2, 0) is 9.59 Å². The van der Waals surface area contributed by atoms with Crippen LogP contribution < -0.4 is 10.6 Å². The summed E-state index contributed by atoms with van der Waals surface area (Å²) in [7, 11) is 0. The molecule has 0 spiro atoms. The third-order valence-electron chi connectivity index (χ3n) is 8.27. The zero-order valence-electron chi connectivity index (χ0n) is 21.5. The van der Waals surface area contributed by atoms with Gasteiger partial charge in [0.15, 0.2) is 0 Å². The lowest BCUT2D eigenvalue weighted by molar-refractivity contribution is -0.133. The summed E-state index contributed by atoms with van der Waals surface area (Å²) in [4.78, 5) is 42.0. The molecule has 1 aliphatic heterocycles. The van der Waals surface area contributed by atoms with Crippen molar-refractivity contribution in [2.24, 2.45) is 11.8 Å². The van der Waals surface area contributed by atoms with E-state index in [1.54, 1.807) is 4.90 Å². The second kappa shape index (κ2) is 10.1. The van der Waals surface area contributed by atoms with E-state index in [4.69, 9.17) is 0 Å². The summed E-state index contributed by atoms with van der Waals surface area (Å²) < 4.78 is 0. The molecule has 3 aromatic carbocycles. The molecule has 6 rings (SSSR count). The van der Waals surface area contributed by atoms with Crippen LogP contribution in [0.5, 0.6) is 0 Å². The number of carbonyl (C=O) groups excluding carboxylic acids is 3.